The lowest BCUT2D eigenvalue weighted by Crippen LogP contribution is -2.69. The molecular weight excluding hydrogens is 342 g/mol. The monoisotopic (exact) mass is 371 g/mol. The van der Waals surface area contributed by atoms with Crippen LogP contribution >= 0.6 is 0 Å². The fourth-order valence-corrected chi connectivity index (χ4v) is 4.67. The first kappa shape index (κ1) is 18.3. The summed E-state index contributed by atoms with van der Waals surface area (Å²) in [6.45, 7) is 0.357. The lowest BCUT2D eigenvalue weighted by molar-refractivity contribution is -0.151. The fraction of sp³-hybridized carbons (Fsp3) is 0.619. The maximum atomic E-state index is 12.8. The van der Waals surface area contributed by atoms with E-state index in [2.05, 4.69) is 10.6 Å². The van der Waals surface area contributed by atoms with Gasteiger partial charge in [0, 0.05) is 24.4 Å². The van der Waals surface area contributed by atoms with Crippen molar-refractivity contribution in [3.8, 4) is 0 Å². The van der Waals surface area contributed by atoms with Crippen molar-refractivity contribution in [2.75, 3.05) is 13.2 Å². The summed E-state index contributed by atoms with van der Waals surface area (Å²) < 4.78 is 0. The van der Waals surface area contributed by atoms with Gasteiger partial charge in [-0.15, -0.1) is 0 Å². The number of carbonyl (C=O) groups excluding carboxylic acids is 2. The van der Waals surface area contributed by atoms with Crippen LogP contribution in [0.5, 0.6) is 0 Å². The van der Waals surface area contributed by atoms with Crippen molar-refractivity contribution in [3.63, 3.8) is 0 Å². The standard InChI is InChI=1S/C21H29N3O3/c25-13-18-19(14-6-2-1-3-7-14)17(24(18)20(26)15-10-11-15)12-22-21(27)23-16-8-4-5-9-16/h1-3,6-7,15-19,25H,4-5,8-13H2,(H2,22,23,27)/t17-,18+,19+/m0/s1. The highest BCUT2D eigenvalue weighted by molar-refractivity contribution is 5.83. The maximum Gasteiger partial charge on any atom is 0.315 e. The van der Waals surface area contributed by atoms with E-state index in [1.807, 2.05) is 35.2 Å². The highest BCUT2D eigenvalue weighted by Gasteiger charge is 2.53. The Kier molecular flexibility index (Phi) is 5.34. The average Bonchev–Trinajstić information content (AvgIpc) is 3.40. The first-order valence-electron chi connectivity index (χ1n) is 10.2. The van der Waals surface area contributed by atoms with Gasteiger partial charge in [-0.3, -0.25) is 4.79 Å². The molecule has 1 aromatic carbocycles. The molecule has 3 fully saturated rings. The van der Waals surface area contributed by atoms with Crippen LogP contribution in [0, 0.1) is 5.92 Å². The molecule has 2 saturated carbocycles. The second-order valence-electron chi connectivity index (χ2n) is 8.11. The van der Waals surface area contributed by atoms with E-state index >= 15 is 0 Å². The van der Waals surface area contributed by atoms with Gasteiger partial charge in [0.25, 0.3) is 0 Å². The molecule has 3 atom stereocenters. The number of urea groups is 1. The molecule has 0 radical (unpaired) electrons. The van der Waals surface area contributed by atoms with E-state index in [1.165, 1.54) is 12.8 Å². The van der Waals surface area contributed by atoms with Gasteiger partial charge in [0.15, 0.2) is 0 Å². The molecule has 146 valence electrons. The third kappa shape index (κ3) is 3.81. The molecule has 2 aliphatic carbocycles. The number of rotatable bonds is 6. The summed E-state index contributed by atoms with van der Waals surface area (Å²) >= 11 is 0. The summed E-state index contributed by atoms with van der Waals surface area (Å²) in [4.78, 5) is 26.9. The minimum absolute atomic E-state index is 0.0469. The molecule has 6 heteroatoms. The van der Waals surface area contributed by atoms with E-state index in [1.54, 1.807) is 0 Å². The van der Waals surface area contributed by atoms with Crippen molar-refractivity contribution in [2.45, 2.75) is 62.6 Å². The Hall–Kier alpha value is -2.08. The molecule has 0 spiro atoms. The van der Waals surface area contributed by atoms with Crippen LogP contribution in [0.2, 0.25) is 0 Å². The molecule has 0 bridgehead atoms. The maximum absolute atomic E-state index is 12.8. The summed E-state index contributed by atoms with van der Waals surface area (Å²) in [6, 6.07) is 9.81. The molecule has 4 rings (SSSR count). The van der Waals surface area contributed by atoms with E-state index < -0.39 is 0 Å². The second-order valence-corrected chi connectivity index (χ2v) is 8.11. The summed E-state index contributed by atoms with van der Waals surface area (Å²) in [5.74, 6) is 0.278. The summed E-state index contributed by atoms with van der Waals surface area (Å²) in [5, 5.41) is 15.9. The van der Waals surface area contributed by atoms with Crippen LogP contribution in [-0.4, -0.2) is 53.2 Å². The van der Waals surface area contributed by atoms with Crippen molar-refractivity contribution in [1.82, 2.24) is 15.5 Å². The largest absolute Gasteiger partial charge is 0.394 e. The van der Waals surface area contributed by atoms with Crippen LogP contribution in [-0.2, 0) is 4.79 Å². The molecule has 1 heterocycles. The Morgan fingerprint density at radius 1 is 1.04 bits per heavy atom. The number of likely N-dealkylation sites (tertiary alicyclic amines) is 1. The molecule has 0 unspecified atom stereocenters. The van der Waals surface area contributed by atoms with E-state index in [4.69, 9.17) is 0 Å². The molecule has 1 aliphatic heterocycles. The van der Waals surface area contributed by atoms with Crippen molar-refractivity contribution < 1.29 is 14.7 Å². The zero-order valence-corrected chi connectivity index (χ0v) is 15.6. The van der Waals surface area contributed by atoms with Gasteiger partial charge < -0.3 is 20.6 Å². The zero-order chi connectivity index (χ0) is 18.8. The minimum Gasteiger partial charge on any atom is -0.394 e. The Morgan fingerprint density at radius 2 is 1.74 bits per heavy atom. The third-order valence-corrected chi connectivity index (χ3v) is 6.26. The highest BCUT2D eigenvalue weighted by Crippen LogP contribution is 2.44. The Bertz CT molecular complexity index is 671. The van der Waals surface area contributed by atoms with E-state index in [0.29, 0.717) is 6.54 Å². The first-order chi connectivity index (χ1) is 13.2. The molecule has 3 amide bonds. The number of hydrogen-bond donors (Lipinski definition) is 3. The number of aliphatic hydroxyl groups is 1. The zero-order valence-electron chi connectivity index (χ0n) is 15.6. The average molecular weight is 371 g/mol. The smallest absolute Gasteiger partial charge is 0.315 e. The Morgan fingerprint density at radius 3 is 2.37 bits per heavy atom. The van der Waals surface area contributed by atoms with Crippen LogP contribution in [0.1, 0.15) is 50.0 Å². The molecule has 1 aromatic rings. The van der Waals surface area contributed by atoms with Crippen molar-refractivity contribution >= 4 is 11.9 Å². The second kappa shape index (κ2) is 7.89. The molecular formula is C21H29N3O3. The summed E-state index contributed by atoms with van der Waals surface area (Å²) in [6.07, 6.45) is 6.30. The van der Waals surface area contributed by atoms with Gasteiger partial charge in [-0.25, -0.2) is 4.79 Å². The van der Waals surface area contributed by atoms with E-state index in [9.17, 15) is 14.7 Å². The molecule has 0 aromatic heterocycles. The van der Waals surface area contributed by atoms with Gasteiger partial charge in [0.1, 0.15) is 0 Å². The van der Waals surface area contributed by atoms with Gasteiger partial charge >= 0.3 is 6.03 Å². The van der Waals surface area contributed by atoms with Crippen molar-refractivity contribution in [2.24, 2.45) is 5.92 Å². The van der Waals surface area contributed by atoms with E-state index in [-0.39, 0.29) is 48.5 Å². The van der Waals surface area contributed by atoms with Crippen molar-refractivity contribution in [1.29, 1.82) is 0 Å². The van der Waals surface area contributed by atoms with Crippen LogP contribution in [0.25, 0.3) is 0 Å². The molecule has 3 aliphatic rings. The van der Waals surface area contributed by atoms with Crippen LogP contribution < -0.4 is 10.6 Å². The molecule has 27 heavy (non-hydrogen) atoms. The van der Waals surface area contributed by atoms with Crippen LogP contribution in [0.3, 0.4) is 0 Å². The van der Waals surface area contributed by atoms with E-state index in [0.717, 1.165) is 31.2 Å². The van der Waals surface area contributed by atoms with Gasteiger partial charge in [-0.1, -0.05) is 43.2 Å². The number of hydrogen-bond acceptors (Lipinski definition) is 3. The van der Waals surface area contributed by atoms with Crippen molar-refractivity contribution in [3.05, 3.63) is 35.9 Å². The van der Waals surface area contributed by atoms with Gasteiger partial charge in [0.2, 0.25) is 5.91 Å². The number of carbonyl (C=O) groups is 2. The van der Waals surface area contributed by atoms with Gasteiger partial charge in [-0.05, 0) is 31.2 Å². The topological polar surface area (TPSA) is 81.7 Å². The summed E-state index contributed by atoms with van der Waals surface area (Å²) in [5.41, 5.74) is 1.11. The van der Waals surface area contributed by atoms with Gasteiger partial charge in [-0.2, -0.15) is 0 Å². The predicted octanol–water partition coefficient (Wildman–Crippen LogP) is 1.99. The number of aliphatic hydroxyl groups excluding tert-OH is 1. The number of benzene rings is 1. The van der Waals surface area contributed by atoms with Crippen LogP contribution in [0.4, 0.5) is 4.79 Å². The lowest BCUT2D eigenvalue weighted by atomic mass is 9.74. The minimum atomic E-state index is -0.204. The fourth-order valence-electron chi connectivity index (χ4n) is 4.67. The molecule has 6 nitrogen and oxygen atoms in total. The molecule has 1 saturated heterocycles. The first-order valence-corrected chi connectivity index (χ1v) is 10.2. The number of nitrogens with zero attached hydrogens (tertiary/aromatic N) is 1. The summed E-state index contributed by atoms with van der Waals surface area (Å²) in [7, 11) is 0. The quantitative estimate of drug-likeness (QED) is 0.715. The number of amides is 3. The lowest BCUT2D eigenvalue weighted by Gasteiger charge is -2.55. The predicted molar refractivity (Wildman–Crippen MR) is 102 cm³/mol. The third-order valence-electron chi connectivity index (χ3n) is 6.26. The normalized spacial score (nSPS) is 27.9. The number of nitrogens with one attached hydrogen (secondary N) is 2. The SMILES string of the molecule is O=C(NC[C@H]1[C@@H](c2ccccc2)[C@@H](CO)N1C(=O)C1CC1)NC1CCCC1. The van der Waals surface area contributed by atoms with Gasteiger partial charge in [0.05, 0.1) is 18.7 Å². The Balaban J connectivity index is 1.44. The van der Waals surface area contributed by atoms with Crippen LogP contribution in [0.15, 0.2) is 30.3 Å². The highest BCUT2D eigenvalue weighted by atomic mass is 16.3. The Labute approximate surface area is 160 Å². The molecule has 3 N–H and O–H groups in total.